The van der Waals surface area contributed by atoms with Gasteiger partial charge in [-0.25, -0.2) is 4.79 Å². The van der Waals surface area contributed by atoms with E-state index in [4.69, 9.17) is 56.8 Å². The van der Waals surface area contributed by atoms with Gasteiger partial charge in [-0.3, -0.25) is 14.4 Å². The second-order valence-corrected chi connectivity index (χ2v) is 33.5. The zero-order chi connectivity index (χ0) is 88.9. The number of rotatable bonds is 58. The minimum Gasteiger partial charge on any atom is -0.477 e. The SMILES string of the molecule is CCCCCCCCCCCCC/C=C/[C@@H](O)[C@H](CO[C@@H]1OC(CO)[C@@H](O[C@@H]2OC(CO)[C@H](O)[C@H](O[C@@H]3OC(CO[C@]4(C(=O)O)CC(O)[C@@H](NC(C)=O)C([C@H](O)[C@H](O)CO)O4)[C@@H](O[C@H]4OC(C)[C@@H](O)C(O)[C@@H]4O)[C@H](O[C@@H]4OC(CO)[C@H](O)[C@H](O)C4O)C3NC(C)=O)C2O)[C@H](O)C1O)NC(=O)CCCCCCCCCCCCCCCCCCCCC. The molecule has 0 spiro atoms. The van der Waals surface area contributed by atoms with Crippen molar-refractivity contribution in [1.82, 2.24) is 16.0 Å². The fourth-order valence-corrected chi connectivity index (χ4v) is 16.3. The van der Waals surface area contributed by atoms with Gasteiger partial charge in [0.05, 0.1) is 70.0 Å². The van der Waals surface area contributed by atoms with Crippen molar-refractivity contribution in [3.05, 3.63) is 12.2 Å². The minimum absolute atomic E-state index is 0.138. The van der Waals surface area contributed by atoms with E-state index in [1.54, 1.807) is 6.08 Å². The fraction of sp³-hybridized carbons (Fsp3) is 0.928. The number of carbonyl (C=O) groups is 4. The highest BCUT2D eigenvalue weighted by molar-refractivity contribution is 5.77. The van der Waals surface area contributed by atoms with Gasteiger partial charge >= 0.3 is 5.97 Å². The van der Waals surface area contributed by atoms with Crippen LogP contribution >= 0.6 is 0 Å². The maximum atomic E-state index is 13.7. The van der Waals surface area contributed by atoms with Crippen molar-refractivity contribution in [3.63, 3.8) is 0 Å². The Balaban J connectivity index is 1.22. The summed E-state index contributed by atoms with van der Waals surface area (Å²) in [5.74, 6) is -7.55. The Morgan fingerprint density at radius 1 is 0.455 bits per heavy atom. The summed E-state index contributed by atoms with van der Waals surface area (Å²) < 4.78 is 73.0. The van der Waals surface area contributed by atoms with Gasteiger partial charge in [0.1, 0.15) is 134 Å². The molecule has 6 aliphatic rings. The lowest BCUT2D eigenvalue weighted by Crippen LogP contribution is -2.72. The van der Waals surface area contributed by atoms with E-state index in [9.17, 15) is 116 Å². The molecular formula is C83H149N3O35. The number of hydrogen-bond donors (Lipinski definition) is 22. The molecule has 22 N–H and O–H groups in total. The number of nitrogens with one attached hydrogen (secondary N) is 3. The Morgan fingerprint density at radius 3 is 1.39 bits per heavy atom. The van der Waals surface area contributed by atoms with Crippen molar-refractivity contribution in [2.45, 2.75) is 448 Å². The molecule has 33 atom stereocenters. The Kier molecular flexibility index (Phi) is 49.1. The highest BCUT2D eigenvalue weighted by Gasteiger charge is 2.61. The third-order valence-corrected chi connectivity index (χ3v) is 23.7. The number of ether oxygens (including phenoxy) is 12. The highest BCUT2D eigenvalue weighted by atomic mass is 16.8. The van der Waals surface area contributed by atoms with Gasteiger partial charge in [0.2, 0.25) is 17.7 Å². The average molecular weight is 1750 g/mol. The molecule has 0 radical (unpaired) electrons. The van der Waals surface area contributed by atoms with Crippen LogP contribution in [-0.4, -0.2) is 362 Å². The number of carbonyl (C=O) groups excluding carboxylic acids is 3. The van der Waals surface area contributed by atoms with Crippen molar-refractivity contribution in [3.8, 4) is 0 Å². The predicted octanol–water partition coefficient (Wildman–Crippen LogP) is -0.630. The molecule has 12 unspecified atom stereocenters. The first-order valence-electron chi connectivity index (χ1n) is 44.5. The fourth-order valence-electron chi connectivity index (χ4n) is 16.3. The van der Waals surface area contributed by atoms with Crippen LogP contribution < -0.4 is 16.0 Å². The number of allylic oxidation sites excluding steroid dienone is 1. The van der Waals surface area contributed by atoms with Crippen LogP contribution in [0.1, 0.15) is 247 Å². The lowest BCUT2D eigenvalue weighted by molar-refractivity contribution is -0.396. The van der Waals surface area contributed by atoms with Gasteiger partial charge < -0.3 is 170 Å². The summed E-state index contributed by atoms with van der Waals surface area (Å²) in [7, 11) is 0. The molecule has 6 saturated heterocycles. The van der Waals surface area contributed by atoms with Crippen LogP contribution in [0.25, 0.3) is 0 Å². The first kappa shape index (κ1) is 106. The molecule has 121 heavy (non-hydrogen) atoms. The van der Waals surface area contributed by atoms with Gasteiger partial charge in [-0.15, -0.1) is 0 Å². The molecule has 6 aliphatic heterocycles. The number of amides is 3. The summed E-state index contributed by atoms with van der Waals surface area (Å²) >= 11 is 0. The molecule has 38 nitrogen and oxygen atoms in total. The number of aliphatic hydroxyl groups is 18. The number of unbranched alkanes of at least 4 members (excludes halogenated alkanes) is 29. The molecule has 6 rings (SSSR count). The van der Waals surface area contributed by atoms with E-state index in [2.05, 4.69) is 29.8 Å². The Bertz CT molecular complexity index is 2890. The normalized spacial score (nSPS) is 35.8. The monoisotopic (exact) mass is 1750 g/mol. The quantitative estimate of drug-likeness (QED) is 0.0266. The molecule has 3 amide bonds. The number of carboxylic acids is 1. The van der Waals surface area contributed by atoms with Gasteiger partial charge in [-0.05, 0) is 26.2 Å². The highest BCUT2D eigenvalue weighted by Crippen LogP contribution is 2.41. The van der Waals surface area contributed by atoms with E-state index in [1.807, 2.05) is 6.08 Å². The van der Waals surface area contributed by atoms with Crippen LogP contribution in [-0.2, 0) is 76.0 Å². The van der Waals surface area contributed by atoms with Crippen LogP contribution in [0.5, 0.6) is 0 Å². The van der Waals surface area contributed by atoms with Gasteiger partial charge in [0.25, 0.3) is 5.79 Å². The third kappa shape index (κ3) is 32.8. The van der Waals surface area contributed by atoms with Crippen LogP contribution in [0.3, 0.4) is 0 Å². The topological polar surface area (TPSA) is 600 Å². The summed E-state index contributed by atoms with van der Waals surface area (Å²) in [4.78, 5) is 53.4. The molecule has 0 saturated carbocycles. The van der Waals surface area contributed by atoms with Gasteiger partial charge in [0.15, 0.2) is 31.5 Å². The number of aliphatic hydroxyl groups excluding tert-OH is 18. The van der Waals surface area contributed by atoms with E-state index in [1.165, 1.54) is 135 Å². The molecule has 0 aliphatic carbocycles. The van der Waals surface area contributed by atoms with Crippen molar-refractivity contribution in [2.24, 2.45) is 0 Å². The third-order valence-electron chi connectivity index (χ3n) is 23.7. The van der Waals surface area contributed by atoms with Crippen molar-refractivity contribution in [1.29, 1.82) is 0 Å². The Labute approximate surface area is 710 Å². The Morgan fingerprint density at radius 2 is 0.884 bits per heavy atom. The molecule has 0 bridgehead atoms. The van der Waals surface area contributed by atoms with Gasteiger partial charge in [-0.1, -0.05) is 206 Å². The molecule has 706 valence electrons. The summed E-state index contributed by atoms with van der Waals surface area (Å²) in [5, 5.41) is 221. The largest absolute Gasteiger partial charge is 0.477 e. The molecular weight excluding hydrogens is 1600 g/mol. The van der Waals surface area contributed by atoms with E-state index in [0.717, 1.165) is 71.6 Å². The molecule has 0 aromatic rings. The Hall–Kier alpha value is -3.58. The van der Waals surface area contributed by atoms with E-state index in [-0.39, 0.29) is 12.3 Å². The van der Waals surface area contributed by atoms with Gasteiger partial charge in [0, 0.05) is 26.7 Å². The summed E-state index contributed by atoms with van der Waals surface area (Å²) in [6, 6.07) is -4.94. The lowest BCUT2D eigenvalue weighted by Gasteiger charge is -2.52. The van der Waals surface area contributed by atoms with E-state index >= 15 is 0 Å². The van der Waals surface area contributed by atoms with Crippen LogP contribution in [0.4, 0.5) is 0 Å². The van der Waals surface area contributed by atoms with Crippen molar-refractivity contribution in [2.75, 3.05) is 39.6 Å². The lowest BCUT2D eigenvalue weighted by atomic mass is 9.88. The van der Waals surface area contributed by atoms with E-state index in [0.29, 0.717) is 12.8 Å². The van der Waals surface area contributed by atoms with Crippen molar-refractivity contribution >= 4 is 23.7 Å². The minimum atomic E-state index is -3.22. The van der Waals surface area contributed by atoms with Crippen LogP contribution in [0.2, 0.25) is 0 Å². The predicted molar refractivity (Wildman–Crippen MR) is 428 cm³/mol. The first-order valence-corrected chi connectivity index (χ1v) is 44.5. The molecule has 38 heteroatoms. The molecule has 6 fully saturated rings. The number of hydrogen-bond acceptors (Lipinski definition) is 34. The average Bonchev–Trinajstić information content (AvgIpc) is 0.755. The molecule has 6 heterocycles. The number of aliphatic carboxylic acids is 1. The van der Waals surface area contributed by atoms with Gasteiger partial charge in [-0.2, -0.15) is 0 Å². The number of carboxylic acid groups (broad SMARTS) is 1. The van der Waals surface area contributed by atoms with E-state index < -0.39 is 266 Å². The summed E-state index contributed by atoms with van der Waals surface area (Å²) in [6.07, 6.45) is -21.5. The molecule has 0 aromatic carbocycles. The standard InChI is InChI=1S/C83H149N3O35/c1-6-8-10-12-14-16-18-20-21-22-23-24-25-27-29-31-33-35-37-39-58(96)86-50(51(93)38-36-34-32-30-28-26-19-17-15-13-11-9-7-2)45-110-78-70(106)67(103)72(56(44-90)115-78)117-81-71(107)76(64(100)55(43-89)114-81)120-77-60(85-49(5)92)75(119-80-69(105)66(102)63(99)54(42-88)113-80)73(118-79-68(104)65(101)61(97)47(3)112-79)57(116-77)46-111-83(82(108)109)40-52(94)59(84-48(4)91)74(121-83)62(98)53(95)41-87/h36,38,47,50-57,59-81,87-90,93-95,97-107H,6-35,37,39-46H2,1-5H3,(H,84,91)(H,85,92)(H,86,96)(H,108,109)/b38-36+/t47?,50-,51+,52?,53+,54?,55?,56?,57?,59+,60?,61+,62+,63-,64-,65?,66-,67+,68-,69?,70?,71?,72+,73+,74?,75+,76-,77-,78+,79+,80-,81-,83+/m0/s1. The summed E-state index contributed by atoms with van der Waals surface area (Å²) in [5.41, 5.74) is 0. The van der Waals surface area contributed by atoms with Crippen LogP contribution in [0.15, 0.2) is 12.2 Å². The van der Waals surface area contributed by atoms with Crippen LogP contribution in [0, 0.1) is 0 Å². The zero-order valence-corrected chi connectivity index (χ0v) is 71.2. The van der Waals surface area contributed by atoms with Crippen molar-refractivity contribution < 1.29 is 173 Å². The first-order chi connectivity index (χ1) is 57.9. The smallest absolute Gasteiger partial charge is 0.364 e. The summed E-state index contributed by atoms with van der Waals surface area (Å²) in [6.45, 7) is 1.39. The zero-order valence-electron chi connectivity index (χ0n) is 71.2. The maximum Gasteiger partial charge on any atom is 0.364 e. The second kappa shape index (κ2) is 56.0. The maximum absolute atomic E-state index is 13.7. The molecule has 0 aromatic heterocycles. The second-order valence-electron chi connectivity index (χ2n) is 33.5.